The maximum Gasteiger partial charge on any atom is 0.255 e. The number of piperidine rings is 1. The maximum absolute atomic E-state index is 12.5. The van der Waals surface area contributed by atoms with Crippen molar-refractivity contribution in [3.8, 4) is 0 Å². The number of aryl methyl sites for hydroxylation is 1. The lowest BCUT2D eigenvalue weighted by molar-refractivity contribution is -0.140. The highest BCUT2D eigenvalue weighted by Crippen LogP contribution is 2.25. The first-order valence-electron chi connectivity index (χ1n) is 6.41. The van der Waals surface area contributed by atoms with Crippen molar-refractivity contribution < 1.29 is 14.7 Å². The van der Waals surface area contributed by atoms with Crippen LogP contribution in [0, 0.1) is 6.92 Å². The molecule has 1 saturated heterocycles. The van der Waals surface area contributed by atoms with Crippen LogP contribution in [0.2, 0.25) is 0 Å². The number of likely N-dealkylation sites (tertiary alicyclic amines) is 1. The molecule has 1 heterocycles. The molecule has 20 heavy (non-hydrogen) atoms. The van der Waals surface area contributed by atoms with E-state index in [1.807, 2.05) is 19.1 Å². The number of benzene rings is 1. The molecule has 5 nitrogen and oxygen atoms in total. The van der Waals surface area contributed by atoms with Gasteiger partial charge < -0.3 is 15.7 Å². The van der Waals surface area contributed by atoms with E-state index in [9.17, 15) is 14.7 Å². The molecule has 1 fully saturated rings. The number of β-amino-alcohol motifs (C(OH)–C–C–N with tert-alkyl or cyclic N) is 1. The first-order valence-corrected chi connectivity index (χ1v) is 7.20. The second-order valence-electron chi connectivity index (χ2n) is 5.21. The van der Waals surface area contributed by atoms with Crippen LogP contribution in [0.5, 0.6) is 0 Å². The molecular formula is C14H17BrN2O3. The Morgan fingerprint density at radius 1 is 1.45 bits per heavy atom. The van der Waals surface area contributed by atoms with Gasteiger partial charge in [-0.05, 0) is 47.8 Å². The van der Waals surface area contributed by atoms with E-state index in [2.05, 4.69) is 15.9 Å². The molecule has 1 aromatic rings. The predicted octanol–water partition coefficient (Wildman–Crippen LogP) is 1.21. The molecule has 108 valence electrons. The number of nitrogens with two attached hydrogens (primary N) is 1. The lowest BCUT2D eigenvalue weighted by Crippen LogP contribution is -2.57. The lowest BCUT2D eigenvalue weighted by Gasteiger charge is -2.37. The van der Waals surface area contributed by atoms with E-state index in [1.165, 1.54) is 4.90 Å². The van der Waals surface area contributed by atoms with Gasteiger partial charge >= 0.3 is 0 Å². The molecular weight excluding hydrogens is 324 g/mol. The highest BCUT2D eigenvalue weighted by atomic mass is 79.9. The Bertz CT molecular complexity index is 561. The zero-order chi connectivity index (χ0) is 14.9. The second-order valence-corrected chi connectivity index (χ2v) is 6.06. The van der Waals surface area contributed by atoms with Crippen LogP contribution in [0.15, 0.2) is 22.7 Å². The number of amides is 2. The molecule has 2 rings (SSSR count). The molecule has 0 saturated carbocycles. The van der Waals surface area contributed by atoms with E-state index < -0.39 is 11.5 Å². The van der Waals surface area contributed by atoms with Crippen molar-refractivity contribution in [1.82, 2.24) is 4.90 Å². The smallest absolute Gasteiger partial charge is 0.255 e. The summed E-state index contributed by atoms with van der Waals surface area (Å²) in [6, 6.07) is 5.49. The SMILES string of the molecule is Cc1ccc(Br)c(C(=O)N2CCCC(O)(C(N)=O)C2)c1. The van der Waals surface area contributed by atoms with Gasteiger partial charge in [0, 0.05) is 11.0 Å². The molecule has 0 spiro atoms. The van der Waals surface area contributed by atoms with Gasteiger partial charge in [-0.2, -0.15) is 0 Å². The summed E-state index contributed by atoms with van der Waals surface area (Å²) in [5, 5.41) is 10.2. The molecule has 6 heteroatoms. The third-order valence-electron chi connectivity index (χ3n) is 3.57. The van der Waals surface area contributed by atoms with Gasteiger partial charge in [-0.15, -0.1) is 0 Å². The monoisotopic (exact) mass is 340 g/mol. The number of rotatable bonds is 2. The van der Waals surface area contributed by atoms with Crippen LogP contribution >= 0.6 is 15.9 Å². The van der Waals surface area contributed by atoms with Gasteiger partial charge in [0.15, 0.2) is 5.60 Å². The Labute approximate surface area is 125 Å². The maximum atomic E-state index is 12.5. The summed E-state index contributed by atoms with van der Waals surface area (Å²) in [7, 11) is 0. The number of aliphatic hydroxyl groups is 1. The molecule has 3 N–H and O–H groups in total. The quantitative estimate of drug-likeness (QED) is 0.848. The molecule has 1 aliphatic rings. The number of hydrogen-bond acceptors (Lipinski definition) is 3. The zero-order valence-corrected chi connectivity index (χ0v) is 12.8. The van der Waals surface area contributed by atoms with Crippen molar-refractivity contribution in [2.24, 2.45) is 5.73 Å². The normalized spacial score (nSPS) is 22.6. The van der Waals surface area contributed by atoms with Crippen LogP contribution in [0.25, 0.3) is 0 Å². The Kier molecular flexibility index (Phi) is 4.15. The molecule has 1 unspecified atom stereocenters. The Balaban J connectivity index is 2.25. The van der Waals surface area contributed by atoms with Gasteiger partial charge in [0.2, 0.25) is 0 Å². The lowest BCUT2D eigenvalue weighted by atomic mass is 9.91. The third-order valence-corrected chi connectivity index (χ3v) is 4.26. The van der Waals surface area contributed by atoms with Gasteiger partial charge in [0.25, 0.3) is 11.8 Å². The fraction of sp³-hybridized carbons (Fsp3) is 0.429. The largest absolute Gasteiger partial charge is 0.378 e. The van der Waals surface area contributed by atoms with E-state index in [1.54, 1.807) is 6.07 Å². The highest BCUT2D eigenvalue weighted by Gasteiger charge is 2.40. The average Bonchev–Trinajstić information content (AvgIpc) is 2.40. The summed E-state index contributed by atoms with van der Waals surface area (Å²) >= 11 is 3.35. The fourth-order valence-corrected chi connectivity index (χ4v) is 2.80. The third kappa shape index (κ3) is 2.86. The number of hydrogen-bond donors (Lipinski definition) is 2. The van der Waals surface area contributed by atoms with Gasteiger partial charge in [0.05, 0.1) is 12.1 Å². The van der Waals surface area contributed by atoms with Crippen LogP contribution in [0.1, 0.15) is 28.8 Å². The molecule has 1 aromatic carbocycles. The van der Waals surface area contributed by atoms with Crippen LogP contribution in [0.3, 0.4) is 0 Å². The van der Waals surface area contributed by atoms with Crippen molar-refractivity contribution >= 4 is 27.7 Å². The zero-order valence-electron chi connectivity index (χ0n) is 11.2. The summed E-state index contributed by atoms with van der Waals surface area (Å²) in [6.45, 7) is 2.36. The van der Waals surface area contributed by atoms with Crippen molar-refractivity contribution in [2.45, 2.75) is 25.4 Å². The predicted molar refractivity (Wildman–Crippen MR) is 78.2 cm³/mol. The summed E-state index contributed by atoms with van der Waals surface area (Å²) in [5.74, 6) is -0.988. The molecule has 1 aliphatic heterocycles. The summed E-state index contributed by atoms with van der Waals surface area (Å²) < 4.78 is 0.696. The summed E-state index contributed by atoms with van der Waals surface area (Å²) in [4.78, 5) is 25.3. The van der Waals surface area contributed by atoms with Crippen molar-refractivity contribution in [2.75, 3.05) is 13.1 Å². The first kappa shape index (κ1) is 15.0. The summed E-state index contributed by atoms with van der Waals surface area (Å²) in [5.41, 5.74) is 5.10. The van der Waals surface area contributed by atoms with E-state index in [0.29, 0.717) is 29.4 Å². The van der Waals surface area contributed by atoms with Crippen molar-refractivity contribution in [1.29, 1.82) is 0 Å². The van der Waals surface area contributed by atoms with Gasteiger partial charge in [-0.1, -0.05) is 11.6 Å². The molecule has 0 aliphatic carbocycles. The minimum atomic E-state index is -1.62. The van der Waals surface area contributed by atoms with Crippen LogP contribution in [0.4, 0.5) is 0 Å². The van der Waals surface area contributed by atoms with Gasteiger partial charge in [-0.25, -0.2) is 0 Å². The molecule has 0 bridgehead atoms. The van der Waals surface area contributed by atoms with E-state index in [4.69, 9.17) is 5.73 Å². The first-order chi connectivity index (χ1) is 9.33. The molecule has 2 amide bonds. The standard InChI is InChI=1S/C14H17BrN2O3/c1-9-3-4-11(15)10(7-9)12(18)17-6-2-5-14(20,8-17)13(16)19/h3-4,7,20H,2,5-6,8H2,1H3,(H2,16,19). The van der Waals surface area contributed by atoms with Crippen LogP contribution < -0.4 is 5.73 Å². The number of carbonyl (C=O) groups is 2. The number of halogens is 1. The van der Waals surface area contributed by atoms with E-state index in [0.717, 1.165) is 5.56 Å². The van der Waals surface area contributed by atoms with Crippen LogP contribution in [-0.4, -0.2) is 40.5 Å². The van der Waals surface area contributed by atoms with E-state index in [-0.39, 0.29) is 12.5 Å². The average molecular weight is 341 g/mol. The van der Waals surface area contributed by atoms with Crippen LogP contribution in [-0.2, 0) is 4.79 Å². The Hall–Kier alpha value is -1.40. The topological polar surface area (TPSA) is 83.6 Å². The fourth-order valence-electron chi connectivity index (χ4n) is 2.38. The summed E-state index contributed by atoms with van der Waals surface area (Å²) in [6.07, 6.45) is 0.843. The molecule has 0 radical (unpaired) electrons. The Morgan fingerprint density at radius 3 is 2.80 bits per heavy atom. The minimum Gasteiger partial charge on any atom is -0.378 e. The van der Waals surface area contributed by atoms with Gasteiger partial charge in [-0.3, -0.25) is 9.59 Å². The molecule has 1 atom stereocenters. The van der Waals surface area contributed by atoms with Gasteiger partial charge in [0.1, 0.15) is 0 Å². The second kappa shape index (κ2) is 5.54. The van der Waals surface area contributed by atoms with E-state index >= 15 is 0 Å². The number of nitrogens with zero attached hydrogens (tertiary/aromatic N) is 1. The highest BCUT2D eigenvalue weighted by molar-refractivity contribution is 9.10. The minimum absolute atomic E-state index is 0.0540. The van der Waals surface area contributed by atoms with Crippen molar-refractivity contribution in [3.05, 3.63) is 33.8 Å². The van der Waals surface area contributed by atoms with Crippen molar-refractivity contribution in [3.63, 3.8) is 0 Å². The Morgan fingerprint density at radius 2 is 2.15 bits per heavy atom. The number of primary amides is 1. The molecule has 0 aromatic heterocycles. The number of carbonyl (C=O) groups excluding carboxylic acids is 2.